The van der Waals surface area contributed by atoms with Crippen molar-refractivity contribution < 1.29 is 26.4 Å². The Morgan fingerprint density at radius 1 is 1.13 bits per heavy atom. The zero-order valence-corrected chi connectivity index (χ0v) is 18.3. The predicted octanol–water partition coefficient (Wildman–Crippen LogP) is 4.45. The Kier molecular flexibility index (Phi) is 7.04. The van der Waals surface area contributed by atoms with Crippen LogP contribution in [0.5, 0.6) is 0 Å². The Balaban J connectivity index is 1.65. The summed E-state index contributed by atoms with van der Waals surface area (Å²) in [4.78, 5) is 12.2. The normalized spacial score (nSPS) is 24.6. The molecule has 0 bridgehead atoms. The van der Waals surface area contributed by atoms with Gasteiger partial charge in [0.1, 0.15) is 0 Å². The lowest BCUT2D eigenvalue weighted by Gasteiger charge is -2.34. The third-order valence-corrected chi connectivity index (χ3v) is 8.37. The van der Waals surface area contributed by atoms with Crippen molar-refractivity contribution in [2.45, 2.75) is 62.6 Å². The van der Waals surface area contributed by atoms with Crippen molar-refractivity contribution in [3.05, 3.63) is 28.8 Å². The topological polar surface area (TPSA) is 66.5 Å². The lowest BCUT2D eigenvalue weighted by molar-refractivity contribution is -0.137. The Morgan fingerprint density at radius 3 is 2.37 bits per heavy atom. The standard InChI is InChI=1S/C20H26ClF3N2O3S/c1-13-4-2-3-5-18(13)25-19(27)14-8-10-26(11-9-14)30(28,29)15-6-7-17(21)16(12-15)20(22,23)24/h6-7,12-14,18H,2-5,8-11H2,1H3,(H,25,27)/t13-,18-/m1/s1. The molecular weight excluding hydrogens is 441 g/mol. The molecule has 1 saturated heterocycles. The number of nitrogens with one attached hydrogen (secondary N) is 1. The molecule has 0 aromatic heterocycles. The van der Waals surface area contributed by atoms with Gasteiger partial charge < -0.3 is 5.32 Å². The average Bonchev–Trinajstić information content (AvgIpc) is 2.69. The minimum absolute atomic E-state index is 0.0587. The first-order valence-electron chi connectivity index (χ1n) is 10.2. The summed E-state index contributed by atoms with van der Waals surface area (Å²) in [6.07, 6.45) is 0.236. The number of halogens is 4. The number of carbonyl (C=O) groups excluding carboxylic acids is 1. The highest BCUT2D eigenvalue weighted by Gasteiger charge is 2.37. The van der Waals surface area contributed by atoms with Crippen LogP contribution in [0.15, 0.2) is 23.1 Å². The molecule has 1 heterocycles. The maximum absolute atomic E-state index is 13.1. The molecule has 1 aromatic rings. The first-order valence-corrected chi connectivity index (χ1v) is 12.0. The molecule has 0 unspecified atom stereocenters. The zero-order chi connectivity index (χ0) is 22.1. The molecule has 2 fully saturated rings. The molecule has 1 aromatic carbocycles. The van der Waals surface area contributed by atoms with Crippen molar-refractivity contribution in [2.75, 3.05) is 13.1 Å². The Hall–Kier alpha value is -1.32. The monoisotopic (exact) mass is 466 g/mol. The SMILES string of the molecule is C[C@@H]1CCCC[C@H]1NC(=O)C1CCN(S(=O)(=O)c2ccc(Cl)c(C(F)(F)F)c2)CC1. The molecule has 2 atom stereocenters. The van der Waals surface area contributed by atoms with Crippen LogP contribution < -0.4 is 5.32 Å². The van der Waals surface area contributed by atoms with Gasteiger partial charge in [-0.2, -0.15) is 17.5 Å². The van der Waals surface area contributed by atoms with Gasteiger partial charge >= 0.3 is 6.18 Å². The fourth-order valence-corrected chi connectivity index (χ4v) is 5.94. The predicted molar refractivity (Wildman–Crippen MR) is 107 cm³/mol. The van der Waals surface area contributed by atoms with Crippen molar-refractivity contribution in [1.82, 2.24) is 9.62 Å². The van der Waals surface area contributed by atoms with Crippen LogP contribution >= 0.6 is 11.6 Å². The number of hydrogen-bond donors (Lipinski definition) is 1. The van der Waals surface area contributed by atoms with Crippen LogP contribution in [0.2, 0.25) is 5.02 Å². The molecule has 1 aliphatic carbocycles. The van der Waals surface area contributed by atoms with E-state index in [1.165, 1.54) is 6.42 Å². The molecule has 1 aliphatic heterocycles. The summed E-state index contributed by atoms with van der Waals surface area (Å²) >= 11 is 5.59. The highest BCUT2D eigenvalue weighted by molar-refractivity contribution is 7.89. The number of sulfonamides is 1. The summed E-state index contributed by atoms with van der Waals surface area (Å²) in [6, 6.07) is 2.75. The molecule has 0 spiro atoms. The quantitative estimate of drug-likeness (QED) is 0.712. The minimum atomic E-state index is -4.75. The Bertz CT molecular complexity index is 884. The van der Waals surface area contributed by atoms with Gasteiger partial charge in [0.15, 0.2) is 0 Å². The van der Waals surface area contributed by atoms with E-state index in [-0.39, 0.29) is 31.0 Å². The van der Waals surface area contributed by atoms with Crippen LogP contribution in [0.25, 0.3) is 0 Å². The number of piperidine rings is 1. The van der Waals surface area contributed by atoms with Crippen LogP contribution in [0, 0.1) is 11.8 Å². The van der Waals surface area contributed by atoms with E-state index in [1.807, 2.05) is 0 Å². The molecule has 168 valence electrons. The highest BCUT2D eigenvalue weighted by atomic mass is 35.5. The molecular formula is C20H26ClF3N2O3S. The largest absolute Gasteiger partial charge is 0.417 e. The van der Waals surface area contributed by atoms with E-state index in [9.17, 15) is 26.4 Å². The van der Waals surface area contributed by atoms with Gasteiger partial charge in [0.2, 0.25) is 15.9 Å². The number of benzene rings is 1. The van der Waals surface area contributed by atoms with Gasteiger partial charge in [-0.15, -0.1) is 0 Å². The summed E-state index contributed by atoms with van der Waals surface area (Å²) in [7, 11) is -4.10. The second-order valence-corrected chi connectivity index (χ2v) is 10.5. The van der Waals surface area contributed by atoms with Crippen LogP contribution in [0.4, 0.5) is 13.2 Å². The lowest BCUT2D eigenvalue weighted by atomic mass is 9.85. The number of carbonyl (C=O) groups is 1. The van der Waals surface area contributed by atoms with Gasteiger partial charge in [0.25, 0.3) is 0 Å². The second-order valence-electron chi connectivity index (χ2n) is 8.19. The maximum Gasteiger partial charge on any atom is 0.417 e. The lowest BCUT2D eigenvalue weighted by Crippen LogP contribution is -2.47. The smallest absolute Gasteiger partial charge is 0.353 e. The molecule has 5 nitrogen and oxygen atoms in total. The van der Waals surface area contributed by atoms with E-state index in [4.69, 9.17) is 11.6 Å². The van der Waals surface area contributed by atoms with E-state index in [1.54, 1.807) is 0 Å². The minimum Gasteiger partial charge on any atom is -0.353 e. The molecule has 2 aliphatic rings. The maximum atomic E-state index is 13.1. The van der Waals surface area contributed by atoms with Gasteiger partial charge in [-0.3, -0.25) is 4.79 Å². The van der Waals surface area contributed by atoms with Crippen molar-refractivity contribution in [2.24, 2.45) is 11.8 Å². The number of rotatable bonds is 4. The van der Waals surface area contributed by atoms with E-state index in [2.05, 4.69) is 12.2 Å². The second kappa shape index (κ2) is 9.04. The van der Waals surface area contributed by atoms with Crippen LogP contribution in [0.1, 0.15) is 51.0 Å². The molecule has 30 heavy (non-hydrogen) atoms. The summed E-state index contributed by atoms with van der Waals surface area (Å²) in [5, 5.41) is 2.56. The van der Waals surface area contributed by atoms with Gasteiger partial charge in [0, 0.05) is 25.0 Å². The van der Waals surface area contributed by atoms with Gasteiger partial charge in [0.05, 0.1) is 15.5 Å². The molecule has 1 N–H and O–H groups in total. The summed E-state index contributed by atoms with van der Waals surface area (Å²) in [5.74, 6) is 0.0779. The number of amides is 1. The van der Waals surface area contributed by atoms with Crippen molar-refractivity contribution in [3.63, 3.8) is 0 Å². The highest BCUT2D eigenvalue weighted by Crippen LogP contribution is 2.37. The fraction of sp³-hybridized carbons (Fsp3) is 0.650. The Morgan fingerprint density at radius 2 is 1.77 bits per heavy atom. The van der Waals surface area contributed by atoms with Crippen LogP contribution in [-0.2, 0) is 21.0 Å². The first-order chi connectivity index (χ1) is 14.0. The van der Waals surface area contributed by atoms with E-state index in [0.717, 1.165) is 35.7 Å². The number of hydrogen-bond acceptors (Lipinski definition) is 3. The molecule has 3 rings (SSSR count). The van der Waals surface area contributed by atoms with Gasteiger partial charge in [-0.1, -0.05) is 31.4 Å². The molecule has 10 heteroatoms. The number of nitrogens with zero attached hydrogens (tertiary/aromatic N) is 1. The van der Waals surface area contributed by atoms with Crippen LogP contribution in [-0.4, -0.2) is 37.8 Å². The average molecular weight is 467 g/mol. The van der Waals surface area contributed by atoms with E-state index >= 15 is 0 Å². The summed E-state index contributed by atoms with van der Waals surface area (Å²) in [6.45, 7) is 2.30. The molecule has 1 amide bonds. The van der Waals surface area contributed by atoms with Crippen molar-refractivity contribution >= 4 is 27.5 Å². The molecule has 1 saturated carbocycles. The third-order valence-electron chi connectivity index (χ3n) is 6.14. The summed E-state index contributed by atoms with van der Waals surface area (Å²) in [5.41, 5.74) is -1.18. The Labute approximate surface area is 180 Å². The first kappa shape index (κ1) is 23.3. The third kappa shape index (κ3) is 5.11. The van der Waals surface area contributed by atoms with E-state index in [0.29, 0.717) is 24.8 Å². The van der Waals surface area contributed by atoms with E-state index < -0.39 is 31.7 Å². The molecule has 0 radical (unpaired) electrons. The van der Waals surface area contributed by atoms with Crippen molar-refractivity contribution in [3.8, 4) is 0 Å². The van der Waals surface area contributed by atoms with Crippen molar-refractivity contribution in [1.29, 1.82) is 0 Å². The zero-order valence-electron chi connectivity index (χ0n) is 16.7. The fourth-order valence-electron chi connectivity index (χ4n) is 4.22. The van der Waals surface area contributed by atoms with Gasteiger partial charge in [-0.05, 0) is 49.8 Å². The summed E-state index contributed by atoms with van der Waals surface area (Å²) < 4.78 is 66.0. The van der Waals surface area contributed by atoms with Crippen LogP contribution in [0.3, 0.4) is 0 Å². The van der Waals surface area contributed by atoms with Gasteiger partial charge in [-0.25, -0.2) is 8.42 Å². The number of alkyl halides is 3.